The molecule has 5 rings (SSSR count). The van der Waals surface area contributed by atoms with Crippen LogP contribution in [-0.4, -0.2) is 39.6 Å². The molecule has 2 aromatic heterocycles. The molecule has 1 aliphatic carbocycles. The summed E-state index contributed by atoms with van der Waals surface area (Å²) in [5, 5.41) is 11.5. The Kier molecular flexibility index (Phi) is 3.73. The van der Waals surface area contributed by atoms with Gasteiger partial charge >= 0.3 is 0 Å². The van der Waals surface area contributed by atoms with Crippen molar-refractivity contribution in [3.05, 3.63) is 53.2 Å². The fourth-order valence-corrected chi connectivity index (χ4v) is 5.25. The van der Waals surface area contributed by atoms with Gasteiger partial charge in [-0.15, -0.1) is 0 Å². The van der Waals surface area contributed by atoms with Crippen molar-refractivity contribution < 1.29 is 5.11 Å². The van der Waals surface area contributed by atoms with Crippen molar-refractivity contribution in [2.75, 3.05) is 13.6 Å². The maximum Gasteiger partial charge on any atom is 0.160 e. The van der Waals surface area contributed by atoms with Gasteiger partial charge in [0.05, 0.1) is 5.69 Å². The Hall–Kier alpha value is -2.46. The summed E-state index contributed by atoms with van der Waals surface area (Å²) in [6.45, 7) is 5.23. The van der Waals surface area contributed by atoms with Crippen LogP contribution in [0.2, 0.25) is 0 Å². The predicted molar refractivity (Wildman–Crippen MR) is 108 cm³/mol. The van der Waals surface area contributed by atoms with E-state index in [-0.39, 0.29) is 5.75 Å². The van der Waals surface area contributed by atoms with E-state index in [0.717, 1.165) is 45.0 Å². The van der Waals surface area contributed by atoms with Crippen LogP contribution >= 0.6 is 0 Å². The van der Waals surface area contributed by atoms with Gasteiger partial charge in [-0.2, -0.15) is 0 Å². The van der Waals surface area contributed by atoms with E-state index in [4.69, 9.17) is 9.97 Å². The van der Waals surface area contributed by atoms with Crippen LogP contribution in [-0.2, 0) is 0 Å². The number of aromatic hydroxyl groups is 1. The minimum Gasteiger partial charge on any atom is -0.507 e. The minimum absolute atomic E-state index is 0.283. The molecule has 3 heterocycles. The SMILES string of the molecule is Cc1cc(C)c(-c2ccc3ccc(C4C[C@H]5C[C@@H]4N(C)C5)nc3n2)c(O)c1. The lowest BCUT2D eigenvalue weighted by atomic mass is 9.94. The van der Waals surface area contributed by atoms with Gasteiger partial charge in [-0.3, -0.25) is 0 Å². The van der Waals surface area contributed by atoms with Gasteiger partial charge in [-0.1, -0.05) is 6.07 Å². The van der Waals surface area contributed by atoms with Gasteiger partial charge in [-0.25, -0.2) is 9.97 Å². The minimum atomic E-state index is 0.283. The first-order valence-electron chi connectivity index (χ1n) is 9.78. The standard InChI is InChI=1S/C23H25N3O/c1-13-8-14(2)22(21(27)9-13)19-7-5-16-4-6-18(24-23(16)25-19)17-10-15-11-20(17)26(3)12-15/h4-9,15,17,20,27H,10-12H2,1-3H3/t15-,17?,20-/m0/s1. The van der Waals surface area contributed by atoms with E-state index in [9.17, 15) is 5.11 Å². The Morgan fingerprint density at radius 2 is 1.85 bits per heavy atom. The summed E-state index contributed by atoms with van der Waals surface area (Å²) in [6.07, 6.45) is 2.54. The lowest BCUT2D eigenvalue weighted by Gasteiger charge is -2.29. The zero-order valence-corrected chi connectivity index (χ0v) is 16.1. The molecule has 0 spiro atoms. The molecule has 1 saturated carbocycles. The van der Waals surface area contributed by atoms with Crippen LogP contribution in [0.25, 0.3) is 22.3 Å². The van der Waals surface area contributed by atoms with Crippen LogP contribution in [0.3, 0.4) is 0 Å². The number of fused-ring (bicyclic) bond motifs is 3. The Morgan fingerprint density at radius 1 is 1.04 bits per heavy atom. The van der Waals surface area contributed by atoms with Gasteiger partial charge in [0.25, 0.3) is 0 Å². The molecule has 2 fully saturated rings. The Balaban J connectivity index is 1.58. The van der Waals surface area contributed by atoms with Crippen molar-refractivity contribution >= 4 is 11.0 Å². The van der Waals surface area contributed by atoms with Crippen LogP contribution < -0.4 is 0 Å². The number of likely N-dealkylation sites (tertiary alicyclic amines) is 1. The lowest BCUT2D eigenvalue weighted by Crippen LogP contribution is -2.33. The number of nitrogens with zero attached hydrogens (tertiary/aromatic N) is 3. The molecule has 2 bridgehead atoms. The summed E-state index contributed by atoms with van der Waals surface area (Å²) >= 11 is 0. The first-order valence-corrected chi connectivity index (χ1v) is 9.78. The van der Waals surface area contributed by atoms with E-state index < -0.39 is 0 Å². The normalized spacial score (nSPS) is 24.8. The van der Waals surface area contributed by atoms with Crippen LogP contribution in [0.15, 0.2) is 36.4 Å². The third kappa shape index (κ3) is 2.71. The van der Waals surface area contributed by atoms with E-state index in [0.29, 0.717) is 12.0 Å². The molecule has 1 saturated heterocycles. The number of aromatic nitrogens is 2. The Labute approximate surface area is 159 Å². The average Bonchev–Trinajstić information content (AvgIpc) is 3.19. The maximum absolute atomic E-state index is 10.5. The van der Waals surface area contributed by atoms with Gasteiger partial charge in [-0.05, 0) is 81.1 Å². The first kappa shape index (κ1) is 16.7. The molecule has 4 heteroatoms. The summed E-state index contributed by atoms with van der Waals surface area (Å²) in [5.74, 6) is 1.61. The summed E-state index contributed by atoms with van der Waals surface area (Å²) < 4.78 is 0. The highest BCUT2D eigenvalue weighted by Crippen LogP contribution is 2.46. The zero-order valence-electron chi connectivity index (χ0n) is 16.1. The highest BCUT2D eigenvalue weighted by Gasteiger charge is 2.44. The molecule has 0 amide bonds. The molecule has 138 valence electrons. The quantitative estimate of drug-likeness (QED) is 0.735. The molecule has 4 nitrogen and oxygen atoms in total. The molecular weight excluding hydrogens is 334 g/mol. The fraction of sp³-hybridized carbons (Fsp3) is 0.391. The summed E-state index contributed by atoms with van der Waals surface area (Å²) in [4.78, 5) is 12.3. The van der Waals surface area contributed by atoms with Crippen molar-refractivity contribution in [1.82, 2.24) is 14.9 Å². The topological polar surface area (TPSA) is 49.2 Å². The zero-order chi connectivity index (χ0) is 18.7. The first-order chi connectivity index (χ1) is 13.0. The van der Waals surface area contributed by atoms with Crippen molar-refractivity contribution in [2.45, 2.75) is 38.6 Å². The van der Waals surface area contributed by atoms with Gasteiger partial charge in [0.1, 0.15) is 5.75 Å². The molecule has 1 N–H and O–H groups in total. The number of pyridine rings is 2. The second kappa shape index (κ2) is 6.03. The summed E-state index contributed by atoms with van der Waals surface area (Å²) in [5.41, 5.74) is 5.60. The fourth-order valence-electron chi connectivity index (χ4n) is 5.25. The summed E-state index contributed by atoms with van der Waals surface area (Å²) in [6, 6.07) is 12.8. The Morgan fingerprint density at radius 3 is 2.59 bits per heavy atom. The lowest BCUT2D eigenvalue weighted by molar-refractivity contribution is 0.232. The van der Waals surface area contributed by atoms with Crippen LogP contribution in [0.4, 0.5) is 0 Å². The van der Waals surface area contributed by atoms with Crippen molar-refractivity contribution in [3.8, 4) is 17.0 Å². The second-order valence-corrected chi connectivity index (χ2v) is 8.41. The number of benzene rings is 1. The molecule has 0 radical (unpaired) electrons. The average molecular weight is 359 g/mol. The van der Waals surface area contributed by atoms with E-state index in [1.807, 2.05) is 19.9 Å². The predicted octanol–water partition coefficient (Wildman–Crippen LogP) is 4.43. The molecule has 1 unspecified atom stereocenters. The van der Waals surface area contributed by atoms with E-state index in [2.05, 4.69) is 36.2 Å². The highest BCUT2D eigenvalue weighted by atomic mass is 16.3. The number of phenols is 1. The van der Waals surface area contributed by atoms with Crippen molar-refractivity contribution in [1.29, 1.82) is 0 Å². The van der Waals surface area contributed by atoms with Crippen molar-refractivity contribution in [3.63, 3.8) is 0 Å². The highest BCUT2D eigenvalue weighted by molar-refractivity contribution is 5.81. The van der Waals surface area contributed by atoms with Gasteiger partial charge in [0.15, 0.2) is 5.65 Å². The molecule has 3 atom stereocenters. The number of hydrogen-bond donors (Lipinski definition) is 1. The molecule has 3 aromatic rings. The maximum atomic E-state index is 10.5. The number of phenolic OH excluding ortho intramolecular Hbond substituents is 1. The Bertz CT molecular complexity index is 1020. The number of hydrogen-bond acceptors (Lipinski definition) is 4. The van der Waals surface area contributed by atoms with E-state index >= 15 is 0 Å². The molecule has 2 aliphatic rings. The van der Waals surface area contributed by atoms with E-state index in [1.54, 1.807) is 6.07 Å². The number of likely N-dealkylation sites (N-methyl/N-ethyl adjacent to an activating group) is 1. The number of rotatable bonds is 2. The van der Waals surface area contributed by atoms with Crippen molar-refractivity contribution in [2.24, 2.45) is 5.92 Å². The van der Waals surface area contributed by atoms with Gasteiger partial charge in [0, 0.05) is 35.1 Å². The van der Waals surface area contributed by atoms with Gasteiger partial charge in [0.2, 0.25) is 0 Å². The third-order valence-corrected chi connectivity index (χ3v) is 6.41. The van der Waals surface area contributed by atoms with Crippen LogP contribution in [0, 0.1) is 19.8 Å². The smallest absolute Gasteiger partial charge is 0.160 e. The van der Waals surface area contributed by atoms with Crippen LogP contribution in [0.1, 0.15) is 35.6 Å². The number of piperidine rings is 1. The monoisotopic (exact) mass is 359 g/mol. The molecule has 1 aromatic carbocycles. The van der Waals surface area contributed by atoms with Crippen LogP contribution in [0.5, 0.6) is 5.75 Å². The second-order valence-electron chi connectivity index (χ2n) is 8.41. The van der Waals surface area contributed by atoms with Gasteiger partial charge < -0.3 is 10.0 Å². The largest absolute Gasteiger partial charge is 0.507 e. The summed E-state index contributed by atoms with van der Waals surface area (Å²) in [7, 11) is 2.23. The molecule has 27 heavy (non-hydrogen) atoms. The third-order valence-electron chi connectivity index (χ3n) is 6.41. The van der Waals surface area contributed by atoms with E-state index in [1.165, 1.54) is 19.4 Å². The molecular formula is C23H25N3O. The number of aryl methyl sites for hydroxylation is 2. The molecule has 1 aliphatic heterocycles.